The zero-order valence-electron chi connectivity index (χ0n) is 12.9. The highest BCUT2D eigenvalue weighted by Gasteiger charge is 2.33. The maximum Gasteiger partial charge on any atom is 0.255 e. The summed E-state index contributed by atoms with van der Waals surface area (Å²) < 4.78 is 5.01. The van der Waals surface area contributed by atoms with E-state index >= 15 is 0 Å². The van der Waals surface area contributed by atoms with E-state index in [-0.39, 0.29) is 18.1 Å². The van der Waals surface area contributed by atoms with Crippen molar-refractivity contribution in [3.05, 3.63) is 23.9 Å². The number of carbonyl (C=O) groups excluding carboxylic acids is 1. The second-order valence-electron chi connectivity index (χ2n) is 5.98. The molecule has 0 radical (unpaired) electrons. The molecule has 1 saturated heterocycles. The summed E-state index contributed by atoms with van der Waals surface area (Å²) in [5.41, 5.74) is 0.593. The van der Waals surface area contributed by atoms with Gasteiger partial charge in [-0.2, -0.15) is 0 Å². The van der Waals surface area contributed by atoms with E-state index in [0.29, 0.717) is 24.5 Å². The van der Waals surface area contributed by atoms with Crippen LogP contribution in [0, 0.1) is 0 Å². The average molecular weight is 305 g/mol. The van der Waals surface area contributed by atoms with Crippen LogP contribution in [-0.4, -0.2) is 71.2 Å². The lowest BCUT2D eigenvalue weighted by Gasteiger charge is -2.39. The van der Waals surface area contributed by atoms with Crippen LogP contribution >= 0.6 is 0 Å². The molecular formula is C16H23N3O3. The Balaban J connectivity index is 1.57. The summed E-state index contributed by atoms with van der Waals surface area (Å²) in [4.78, 5) is 20.7. The highest BCUT2D eigenvalue weighted by atomic mass is 16.5. The number of hydrogen-bond donors (Lipinski definition) is 1. The van der Waals surface area contributed by atoms with Crippen LogP contribution in [0.25, 0.3) is 0 Å². The van der Waals surface area contributed by atoms with Gasteiger partial charge in [-0.05, 0) is 25.3 Å². The number of amides is 1. The number of aliphatic hydroxyl groups is 1. The van der Waals surface area contributed by atoms with Gasteiger partial charge in [0.15, 0.2) is 0 Å². The van der Waals surface area contributed by atoms with E-state index in [0.717, 1.165) is 32.4 Å². The number of nitrogens with zero attached hydrogens (tertiary/aromatic N) is 3. The van der Waals surface area contributed by atoms with E-state index < -0.39 is 0 Å². The van der Waals surface area contributed by atoms with Crippen molar-refractivity contribution < 1.29 is 14.6 Å². The van der Waals surface area contributed by atoms with Gasteiger partial charge in [-0.3, -0.25) is 9.69 Å². The van der Waals surface area contributed by atoms with Gasteiger partial charge in [0.2, 0.25) is 5.88 Å². The quantitative estimate of drug-likeness (QED) is 0.893. The van der Waals surface area contributed by atoms with Gasteiger partial charge in [-0.25, -0.2) is 4.98 Å². The summed E-state index contributed by atoms with van der Waals surface area (Å²) in [6.07, 6.45) is 4.43. The van der Waals surface area contributed by atoms with Crippen molar-refractivity contribution in [2.45, 2.75) is 31.4 Å². The molecule has 6 heteroatoms. The zero-order chi connectivity index (χ0) is 15.5. The Morgan fingerprint density at radius 1 is 1.27 bits per heavy atom. The number of piperazine rings is 1. The Morgan fingerprint density at radius 2 is 2.05 bits per heavy atom. The van der Waals surface area contributed by atoms with Crippen molar-refractivity contribution in [3.63, 3.8) is 0 Å². The fraction of sp³-hybridized carbons (Fsp3) is 0.625. The van der Waals surface area contributed by atoms with Crippen molar-refractivity contribution in [1.29, 1.82) is 0 Å². The van der Waals surface area contributed by atoms with Gasteiger partial charge in [0.25, 0.3) is 5.91 Å². The van der Waals surface area contributed by atoms with E-state index in [9.17, 15) is 9.90 Å². The minimum Gasteiger partial charge on any atom is -0.481 e. The number of carbonyl (C=O) groups is 1. The molecule has 2 unspecified atom stereocenters. The molecule has 1 N–H and O–H groups in total. The maximum atomic E-state index is 12.5. The molecule has 1 saturated carbocycles. The molecule has 1 aliphatic heterocycles. The number of rotatable bonds is 3. The second kappa shape index (κ2) is 6.62. The fourth-order valence-corrected chi connectivity index (χ4v) is 3.41. The topological polar surface area (TPSA) is 65.9 Å². The van der Waals surface area contributed by atoms with Gasteiger partial charge in [0.05, 0.1) is 18.8 Å². The van der Waals surface area contributed by atoms with Crippen LogP contribution in [0.2, 0.25) is 0 Å². The van der Waals surface area contributed by atoms with E-state index in [2.05, 4.69) is 9.88 Å². The normalized spacial score (nSPS) is 26.2. The van der Waals surface area contributed by atoms with Crippen molar-refractivity contribution in [3.8, 4) is 5.88 Å². The van der Waals surface area contributed by atoms with Gasteiger partial charge in [-0.1, -0.05) is 0 Å². The predicted octanol–water partition coefficient (Wildman–Crippen LogP) is 0.761. The molecule has 2 atom stereocenters. The number of ether oxygens (including phenoxy) is 1. The van der Waals surface area contributed by atoms with Crippen LogP contribution in [0.3, 0.4) is 0 Å². The van der Waals surface area contributed by atoms with Crippen molar-refractivity contribution in [2.24, 2.45) is 0 Å². The Hall–Kier alpha value is -1.66. The molecule has 0 spiro atoms. The first-order valence-electron chi connectivity index (χ1n) is 7.90. The highest BCUT2D eigenvalue weighted by molar-refractivity contribution is 5.94. The molecule has 22 heavy (non-hydrogen) atoms. The van der Waals surface area contributed by atoms with Crippen molar-refractivity contribution >= 4 is 5.91 Å². The fourth-order valence-electron chi connectivity index (χ4n) is 3.41. The molecule has 0 bridgehead atoms. The smallest absolute Gasteiger partial charge is 0.255 e. The first-order chi connectivity index (χ1) is 10.7. The lowest BCUT2D eigenvalue weighted by Crippen LogP contribution is -2.53. The van der Waals surface area contributed by atoms with E-state index in [1.54, 1.807) is 25.4 Å². The average Bonchev–Trinajstić information content (AvgIpc) is 3.00. The monoisotopic (exact) mass is 305 g/mol. The minimum atomic E-state index is -0.201. The third-order valence-corrected chi connectivity index (χ3v) is 4.71. The number of hydrogen-bond acceptors (Lipinski definition) is 5. The van der Waals surface area contributed by atoms with Gasteiger partial charge in [0, 0.05) is 44.5 Å². The molecule has 2 fully saturated rings. The highest BCUT2D eigenvalue weighted by Crippen LogP contribution is 2.25. The Labute approximate surface area is 130 Å². The summed E-state index contributed by atoms with van der Waals surface area (Å²) >= 11 is 0. The molecule has 1 amide bonds. The number of pyridine rings is 1. The second-order valence-corrected chi connectivity index (χ2v) is 5.98. The summed E-state index contributed by atoms with van der Waals surface area (Å²) in [5, 5.41) is 10.0. The third-order valence-electron chi connectivity index (χ3n) is 4.71. The molecule has 2 aliphatic rings. The molecule has 2 heterocycles. The summed E-state index contributed by atoms with van der Waals surface area (Å²) in [7, 11) is 1.56. The Morgan fingerprint density at radius 3 is 2.59 bits per heavy atom. The van der Waals surface area contributed by atoms with Crippen LogP contribution in [0.1, 0.15) is 29.6 Å². The summed E-state index contributed by atoms with van der Waals surface area (Å²) in [6, 6.07) is 3.74. The zero-order valence-corrected chi connectivity index (χ0v) is 12.9. The van der Waals surface area contributed by atoms with Gasteiger partial charge in [-0.15, -0.1) is 0 Å². The first-order valence-corrected chi connectivity index (χ1v) is 7.90. The van der Waals surface area contributed by atoms with Crippen LogP contribution in [0.15, 0.2) is 18.3 Å². The number of methoxy groups -OCH3 is 1. The predicted molar refractivity (Wildman–Crippen MR) is 81.9 cm³/mol. The van der Waals surface area contributed by atoms with Crippen LogP contribution in [-0.2, 0) is 0 Å². The van der Waals surface area contributed by atoms with Crippen LogP contribution in [0.4, 0.5) is 0 Å². The van der Waals surface area contributed by atoms with E-state index in [1.807, 2.05) is 4.90 Å². The molecule has 1 aromatic heterocycles. The standard InChI is InChI=1S/C16H23N3O3/c1-22-15-6-5-12(11-17-15)16(21)19-9-7-18(8-10-19)13-3-2-4-14(13)20/h5-6,11,13-14,20H,2-4,7-10H2,1H3. The summed E-state index contributed by atoms with van der Waals surface area (Å²) in [6.45, 7) is 3.07. The van der Waals surface area contributed by atoms with Crippen LogP contribution < -0.4 is 4.74 Å². The Bertz CT molecular complexity index is 512. The van der Waals surface area contributed by atoms with E-state index in [4.69, 9.17) is 4.74 Å². The molecular weight excluding hydrogens is 282 g/mol. The Kier molecular flexibility index (Phi) is 4.59. The van der Waals surface area contributed by atoms with Crippen LogP contribution in [0.5, 0.6) is 5.88 Å². The molecule has 1 aromatic rings. The number of aliphatic hydroxyl groups excluding tert-OH is 1. The van der Waals surface area contributed by atoms with Gasteiger partial charge in [0.1, 0.15) is 0 Å². The molecule has 120 valence electrons. The minimum absolute atomic E-state index is 0.0155. The largest absolute Gasteiger partial charge is 0.481 e. The summed E-state index contributed by atoms with van der Waals surface area (Å²) in [5.74, 6) is 0.526. The van der Waals surface area contributed by atoms with Gasteiger partial charge < -0.3 is 14.7 Å². The molecule has 0 aromatic carbocycles. The van der Waals surface area contributed by atoms with Crippen molar-refractivity contribution in [1.82, 2.24) is 14.8 Å². The maximum absolute atomic E-state index is 12.5. The molecule has 3 rings (SSSR count). The number of aromatic nitrogens is 1. The SMILES string of the molecule is COc1ccc(C(=O)N2CCN(C3CCCC3O)CC2)cn1. The van der Waals surface area contributed by atoms with Crippen molar-refractivity contribution in [2.75, 3.05) is 33.3 Å². The molecule has 1 aliphatic carbocycles. The lowest BCUT2D eigenvalue weighted by molar-refractivity contribution is 0.0315. The third kappa shape index (κ3) is 3.08. The van der Waals surface area contributed by atoms with E-state index in [1.165, 1.54) is 0 Å². The lowest BCUT2D eigenvalue weighted by atomic mass is 10.1. The first kappa shape index (κ1) is 15.2. The molecule has 6 nitrogen and oxygen atoms in total. The van der Waals surface area contributed by atoms with Gasteiger partial charge >= 0.3 is 0 Å².